The predicted octanol–water partition coefficient (Wildman–Crippen LogP) is 0.671. The van der Waals surface area contributed by atoms with E-state index in [4.69, 9.17) is 14.4 Å². The number of ether oxygens (including phenoxy) is 1. The summed E-state index contributed by atoms with van der Waals surface area (Å²) in [5.74, 6) is 0.881. The Kier molecular flexibility index (Phi) is 2.10. The molecular formula is C8H11NO3. The highest BCUT2D eigenvalue weighted by atomic mass is 16.5. The first-order chi connectivity index (χ1) is 5.90. The highest BCUT2D eigenvalue weighted by Gasteiger charge is 2.21. The Morgan fingerprint density at radius 2 is 2.58 bits per heavy atom. The van der Waals surface area contributed by atoms with Crippen LogP contribution in [0.1, 0.15) is 23.8 Å². The normalized spacial score (nSPS) is 23.2. The first-order valence-corrected chi connectivity index (χ1v) is 4.04. The number of hydrogen-bond donors (Lipinski definition) is 1. The molecule has 1 unspecified atom stereocenters. The van der Waals surface area contributed by atoms with Crippen LogP contribution in [0.2, 0.25) is 0 Å². The number of aromatic nitrogens is 1. The van der Waals surface area contributed by atoms with E-state index in [1.54, 1.807) is 6.07 Å². The van der Waals surface area contributed by atoms with Gasteiger partial charge in [0.2, 0.25) is 0 Å². The number of rotatable bonds is 2. The highest BCUT2D eigenvalue weighted by Crippen LogP contribution is 2.24. The number of nitrogens with zero attached hydrogens (tertiary/aromatic N) is 1. The second-order valence-corrected chi connectivity index (χ2v) is 2.94. The van der Waals surface area contributed by atoms with Crippen LogP contribution in [0.4, 0.5) is 0 Å². The van der Waals surface area contributed by atoms with E-state index in [0.717, 1.165) is 25.3 Å². The Hall–Kier alpha value is -0.870. The fourth-order valence-corrected chi connectivity index (χ4v) is 1.36. The standard InChI is InChI=1S/C8H11NO3/c10-4-7-3-8(9-12-7)6-1-2-11-5-6/h3,6,10H,1-2,4-5H2. The van der Waals surface area contributed by atoms with E-state index >= 15 is 0 Å². The molecule has 1 aromatic heterocycles. The summed E-state index contributed by atoms with van der Waals surface area (Å²) in [6.45, 7) is 1.43. The smallest absolute Gasteiger partial charge is 0.162 e. The quantitative estimate of drug-likeness (QED) is 0.707. The Morgan fingerprint density at radius 3 is 3.17 bits per heavy atom. The van der Waals surface area contributed by atoms with Gasteiger partial charge in [-0.05, 0) is 6.42 Å². The molecule has 1 aromatic rings. The maximum atomic E-state index is 8.73. The third-order valence-corrected chi connectivity index (χ3v) is 2.08. The second kappa shape index (κ2) is 3.25. The lowest BCUT2D eigenvalue weighted by Crippen LogP contribution is -1.96. The van der Waals surface area contributed by atoms with Gasteiger partial charge in [-0.15, -0.1) is 0 Å². The summed E-state index contributed by atoms with van der Waals surface area (Å²) in [6.07, 6.45) is 0.997. The van der Waals surface area contributed by atoms with Crippen molar-refractivity contribution in [3.05, 3.63) is 17.5 Å². The summed E-state index contributed by atoms with van der Waals surface area (Å²) in [5.41, 5.74) is 0.900. The third kappa shape index (κ3) is 1.35. The second-order valence-electron chi connectivity index (χ2n) is 2.94. The van der Waals surface area contributed by atoms with Crippen molar-refractivity contribution >= 4 is 0 Å². The molecule has 1 fully saturated rings. The minimum Gasteiger partial charge on any atom is -0.388 e. The van der Waals surface area contributed by atoms with Gasteiger partial charge in [0.05, 0.1) is 12.3 Å². The van der Waals surface area contributed by atoms with E-state index in [0.29, 0.717) is 11.7 Å². The molecule has 12 heavy (non-hydrogen) atoms. The molecule has 0 saturated carbocycles. The Morgan fingerprint density at radius 1 is 1.67 bits per heavy atom. The molecule has 0 amide bonds. The van der Waals surface area contributed by atoms with Crippen LogP contribution in [-0.4, -0.2) is 23.5 Å². The van der Waals surface area contributed by atoms with E-state index in [-0.39, 0.29) is 6.61 Å². The maximum absolute atomic E-state index is 8.73. The number of aliphatic hydroxyl groups is 1. The zero-order valence-corrected chi connectivity index (χ0v) is 6.69. The predicted molar refractivity (Wildman–Crippen MR) is 40.6 cm³/mol. The van der Waals surface area contributed by atoms with Crippen molar-refractivity contribution < 1.29 is 14.4 Å². The van der Waals surface area contributed by atoms with Crippen LogP contribution in [0.15, 0.2) is 10.6 Å². The zero-order chi connectivity index (χ0) is 8.39. The molecule has 2 heterocycles. The molecule has 0 radical (unpaired) electrons. The van der Waals surface area contributed by atoms with Gasteiger partial charge in [0, 0.05) is 18.6 Å². The van der Waals surface area contributed by atoms with E-state index in [9.17, 15) is 0 Å². The minimum absolute atomic E-state index is 0.0828. The van der Waals surface area contributed by atoms with Crippen LogP contribution in [0.25, 0.3) is 0 Å². The van der Waals surface area contributed by atoms with Gasteiger partial charge in [-0.1, -0.05) is 5.16 Å². The molecule has 1 aliphatic heterocycles. The summed E-state index contributed by atoms with van der Waals surface area (Å²) in [5, 5.41) is 12.6. The zero-order valence-electron chi connectivity index (χ0n) is 6.69. The maximum Gasteiger partial charge on any atom is 0.162 e. The Labute approximate surface area is 70.1 Å². The molecule has 2 rings (SSSR count). The first-order valence-electron chi connectivity index (χ1n) is 4.04. The van der Waals surface area contributed by atoms with Crippen LogP contribution < -0.4 is 0 Å². The average Bonchev–Trinajstić information content (AvgIpc) is 2.75. The van der Waals surface area contributed by atoms with Crippen molar-refractivity contribution in [2.24, 2.45) is 0 Å². The van der Waals surface area contributed by atoms with Gasteiger partial charge in [-0.2, -0.15) is 0 Å². The van der Waals surface area contributed by atoms with Crippen molar-refractivity contribution in [2.45, 2.75) is 18.9 Å². The molecule has 0 aromatic carbocycles. The highest BCUT2D eigenvalue weighted by molar-refractivity contribution is 5.11. The van der Waals surface area contributed by atoms with Crippen molar-refractivity contribution in [3.8, 4) is 0 Å². The van der Waals surface area contributed by atoms with Gasteiger partial charge < -0.3 is 14.4 Å². The monoisotopic (exact) mass is 169 g/mol. The van der Waals surface area contributed by atoms with E-state index < -0.39 is 0 Å². The van der Waals surface area contributed by atoms with Gasteiger partial charge in [0.1, 0.15) is 6.61 Å². The fourth-order valence-electron chi connectivity index (χ4n) is 1.36. The van der Waals surface area contributed by atoms with E-state index in [1.165, 1.54) is 0 Å². The molecule has 4 heteroatoms. The topological polar surface area (TPSA) is 55.5 Å². The van der Waals surface area contributed by atoms with Gasteiger partial charge in [-0.3, -0.25) is 0 Å². The van der Waals surface area contributed by atoms with E-state index in [1.807, 2.05) is 0 Å². The van der Waals surface area contributed by atoms with Crippen molar-refractivity contribution in [1.29, 1.82) is 0 Å². The van der Waals surface area contributed by atoms with Crippen LogP contribution in [0.5, 0.6) is 0 Å². The molecule has 1 aliphatic rings. The lowest BCUT2D eigenvalue weighted by Gasteiger charge is -1.98. The van der Waals surface area contributed by atoms with Crippen molar-refractivity contribution in [1.82, 2.24) is 5.16 Å². The van der Waals surface area contributed by atoms with Crippen LogP contribution in [0.3, 0.4) is 0 Å². The number of hydrogen-bond acceptors (Lipinski definition) is 4. The van der Waals surface area contributed by atoms with Crippen molar-refractivity contribution in [2.75, 3.05) is 13.2 Å². The number of aliphatic hydroxyl groups excluding tert-OH is 1. The average molecular weight is 169 g/mol. The van der Waals surface area contributed by atoms with Crippen LogP contribution in [0, 0.1) is 0 Å². The summed E-state index contributed by atoms with van der Waals surface area (Å²) in [4.78, 5) is 0. The van der Waals surface area contributed by atoms with Gasteiger partial charge in [0.15, 0.2) is 5.76 Å². The molecule has 1 N–H and O–H groups in total. The van der Waals surface area contributed by atoms with Gasteiger partial charge in [-0.25, -0.2) is 0 Å². The Bertz CT molecular complexity index is 253. The summed E-state index contributed by atoms with van der Waals surface area (Å²) in [6, 6.07) is 1.79. The molecule has 66 valence electrons. The van der Waals surface area contributed by atoms with Gasteiger partial charge >= 0.3 is 0 Å². The largest absolute Gasteiger partial charge is 0.388 e. The summed E-state index contributed by atoms with van der Waals surface area (Å²) >= 11 is 0. The summed E-state index contributed by atoms with van der Waals surface area (Å²) < 4.78 is 10.1. The van der Waals surface area contributed by atoms with Crippen LogP contribution in [-0.2, 0) is 11.3 Å². The minimum atomic E-state index is -0.0828. The SMILES string of the molecule is OCc1cc(C2CCOC2)no1. The molecule has 0 spiro atoms. The Balaban J connectivity index is 2.11. The first kappa shape index (κ1) is 7.76. The van der Waals surface area contributed by atoms with Crippen LogP contribution >= 0.6 is 0 Å². The molecule has 4 nitrogen and oxygen atoms in total. The van der Waals surface area contributed by atoms with Crippen molar-refractivity contribution in [3.63, 3.8) is 0 Å². The van der Waals surface area contributed by atoms with E-state index in [2.05, 4.69) is 5.16 Å². The summed E-state index contributed by atoms with van der Waals surface area (Å²) in [7, 11) is 0. The lowest BCUT2D eigenvalue weighted by molar-refractivity contribution is 0.192. The fraction of sp³-hybridized carbons (Fsp3) is 0.625. The van der Waals surface area contributed by atoms with Gasteiger partial charge in [0.25, 0.3) is 0 Å². The molecule has 1 saturated heterocycles. The molecule has 0 bridgehead atoms. The molecule has 1 atom stereocenters. The lowest BCUT2D eigenvalue weighted by atomic mass is 10.1. The molecule has 0 aliphatic carbocycles. The molecular weight excluding hydrogens is 158 g/mol. The third-order valence-electron chi connectivity index (χ3n) is 2.08.